The van der Waals surface area contributed by atoms with E-state index in [9.17, 15) is 19.5 Å². The molecule has 1 aliphatic rings. The first-order chi connectivity index (χ1) is 15.8. The molecule has 1 aliphatic heterocycles. The van der Waals surface area contributed by atoms with E-state index >= 15 is 0 Å². The predicted octanol–water partition coefficient (Wildman–Crippen LogP) is -0.430. The number of amides is 2. The molecule has 0 bridgehead atoms. The molecule has 1 fully saturated rings. The summed E-state index contributed by atoms with van der Waals surface area (Å²) in [4.78, 5) is 44.6. The number of carboxylic acids is 1. The Bertz CT molecular complexity index is 1010. The van der Waals surface area contributed by atoms with Gasteiger partial charge in [0.25, 0.3) is 0 Å². The van der Waals surface area contributed by atoms with E-state index in [2.05, 4.69) is 25.9 Å². The Morgan fingerprint density at radius 1 is 1.18 bits per heavy atom. The summed E-state index contributed by atoms with van der Waals surface area (Å²) < 4.78 is 0. The number of nitrogens with one attached hydrogen (secondary N) is 4. The molecule has 3 unspecified atom stereocenters. The molecule has 2 amide bonds. The van der Waals surface area contributed by atoms with Gasteiger partial charge in [-0.05, 0) is 43.9 Å². The number of nitrogens with zero attached hydrogens (tertiary/aromatic N) is 1. The number of aliphatic imine (C=N–C) groups is 1. The Morgan fingerprint density at radius 2 is 1.97 bits per heavy atom. The molecule has 2 heterocycles. The van der Waals surface area contributed by atoms with E-state index in [0.717, 1.165) is 29.4 Å². The van der Waals surface area contributed by atoms with E-state index in [1.54, 1.807) is 6.20 Å². The molecule has 1 aromatic carbocycles. The summed E-state index contributed by atoms with van der Waals surface area (Å²) in [6, 6.07) is 5.23. The van der Waals surface area contributed by atoms with Crippen LogP contribution in [0, 0.1) is 0 Å². The highest BCUT2D eigenvalue weighted by molar-refractivity contribution is 5.93. The lowest BCUT2D eigenvalue weighted by molar-refractivity contribution is -0.142. The van der Waals surface area contributed by atoms with Crippen LogP contribution in [0.1, 0.15) is 31.2 Å². The number of carbonyl (C=O) groups is 3. The largest absolute Gasteiger partial charge is 0.480 e. The average molecular weight is 458 g/mol. The van der Waals surface area contributed by atoms with Gasteiger partial charge in [-0.1, -0.05) is 18.2 Å². The molecule has 0 radical (unpaired) electrons. The second kappa shape index (κ2) is 11.3. The highest BCUT2D eigenvalue weighted by Gasteiger charge is 2.30. The maximum atomic E-state index is 13.1. The average Bonchev–Trinajstić information content (AvgIpc) is 3.45. The van der Waals surface area contributed by atoms with Crippen LogP contribution in [0.15, 0.2) is 35.5 Å². The summed E-state index contributed by atoms with van der Waals surface area (Å²) in [5.74, 6) is -2.07. The number of carboxylic acid groups (broad SMARTS) is 1. The van der Waals surface area contributed by atoms with Crippen molar-refractivity contribution < 1.29 is 19.5 Å². The minimum absolute atomic E-state index is 0.0760. The summed E-state index contributed by atoms with van der Waals surface area (Å²) in [6.07, 6.45) is 4.12. The van der Waals surface area contributed by atoms with Gasteiger partial charge in [0.05, 0.1) is 6.04 Å². The van der Waals surface area contributed by atoms with Crippen LogP contribution >= 0.6 is 0 Å². The van der Waals surface area contributed by atoms with Gasteiger partial charge in [-0.25, -0.2) is 4.79 Å². The van der Waals surface area contributed by atoms with Crippen molar-refractivity contribution in [2.75, 3.05) is 13.1 Å². The molecular formula is C22H31N7O4. The summed E-state index contributed by atoms with van der Waals surface area (Å²) in [5, 5.41) is 19.0. The molecule has 0 saturated carbocycles. The van der Waals surface area contributed by atoms with Crippen molar-refractivity contribution in [1.82, 2.24) is 20.9 Å². The standard InChI is InChI=1S/C22H31N7O4/c23-22(24)26-10-4-8-17(21(32)33)28-20(31)18(29-19(30)16-7-3-9-25-16)11-13-12-27-15-6-2-1-5-14(13)15/h1-2,5-6,12,16-18,25,27H,3-4,7-11H2,(H,28,31)(H,29,30)(H,32,33)(H4,23,24,26). The topological polar surface area (TPSA) is 188 Å². The first-order valence-corrected chi connectivity index (χ1v) is 11.0. The third-order valence-corrected chi connectivity index (χ3v) is 5.67. The van der Waals surface area contributed by atoms with Crippen LogP contribution in [0.4, 0.5) is 0 Å². The van der Waals surface area contributed by atoms with Crippen LogP contribution in [-0.2, 0) is 20.8 Å². The lowest BCUT2D eigenvalue weighted by Crippen LogP contribution is -2.55. The van der Waals surface area contributed by atoms with E-state index in [1.807, 2.05) is 24.3 Å². The third-order valence-electron chi connectivity index (χ3n) is 5.67. The number of guanidine groups is 1. The molecule has 0 aliphatic carbocycles. The number of rotatable bonds is 11. The number of H-pyrrole nitrogens is 1. The van der Waals surface area contributed by atoms with E-state index in [4.69, 9.17) is 11.5 Å². The molecule has 1 aromatic heterocycles. The molecule has 3 rings (SSSR count). The van der Waals surface area contributed by atoms with Crippen LogP contribution in [-0.4, -0.2) is 65.0 Å². The molecule has 0 spiro atoms. The SMILES string of the molecule is NC(N)=NCCCC(NC(=O)C(Cc1c[nH]c2ccccc12)NC(=O)C1CCCN1)C(=O)O. The number of nitrogens with two attached hydrogens (primary N) is 2. The Kier molecular flexibility index (Phi) is 8.25. The van der Waals surface area contributed by atoms with Crippen molar-refractivity contribution >= 4 is 34.6 Å². The molecule has 1 saturated heterocycles. The molecule has 11 nitrogen and oxygen atoms in total. The molecule has 3 atom stereocenters. The van der Waals surface area contributed by atoms with Crippen LogP contribution in [0.2, 0.25) is 0 Å². The van der Waals surface area contributed by atoms with Gasteiger partial charge < -0.3 is 37.5 Å². The number of fused-ring (bicyclic) bond motifs is 1. The summed E-state index contributed by atoms with van der Waals surface area (Å²) in [6.45, 7) is 0.999. The van der Waals surface area contributed by atoms with Gasteiger partial charge in [0.1, 0.15) is 12.1 Å². The fraction of sp³-hybridized carbons (Fsp3) is 0.455. The summed E-state index contributed by atoms with van der Waals surface area (Å²) in [5.41, 5.74) is 12.3. The van der Waals surface area contributed by atoms with Crippen molar-refractivity contribution in [3.05, 3.63) is 36.0 Å². The first kappa shape index (κ1) is 24.1. The maximum absolute atomic E-state index is 13.1. The van der Waals surface area contributed by atoms with E-state index < -0.39 is 24.0 Å². The molecule has 2 aromatic rings. The number of aliphatic carboxylic acids is 1. The molecule has 33 heavy (non-hydrogen) atoms. The van der Waals surface area contributed by atoms with Crippen molar-refractivity contribution in [2.45, 2.75) is 50.2 Å². The van der Waals surface area contributed by atoms with Gasteiger partial charge in [-0.15, -0.1) is 0 Å². The predicted molar refractivity (Wildman–Crippen MR) is 124 cm³/mol. The number of aromatic nitrogens is 1. The Labute approximate surface area is 191 Å². The smallest absolute Gasteiger partial charge is 0.326 e. The van der Waals surface area contributed by atoms with E-state index in [0.29, 0.717) is 12.8 Å². The van der Waals surface area contributed by atoms with Gasteiger partial charge >= 0.3 is 5.97 Å². The number of hydrogen-bond donors (Lipinski definition) is 7. The van der Waals surface area contributed by atoms with Gasteiger partial charge in [0.15, 0.2) is 5.96 Å². The Morgan fingerprint density at radius 3 is 2.67 bits per heavy atom. The van der Waals surface area contributed by atoms with Gasteiger partial charge in [0.2, 0.25) is 11.8 Å². The van der Waals surface area contributed by atoms with Crippen LogP contribution in [0.5, 0.6) is 0 Å². The quantitative estimate of drug-likeness (QED) is 0.135. The second-order valence-electron chi connectivity index (χ2n) is 8.12. The summed E-state index contributed by atoms with van der Waals surface area (Å²) in [7, 11) is 0. The highest BCUT2D eigenvalue weighted by atomic mass is 16.4. The van der Waals surface area contributed by atoms with Crippen molar-refractivity contribution in [3.8, 4) is 0 Å². The fourth-order valence-electron chi connectivity index (χ4n) is 3.94. The normalized spacial score (nSPS) is 17.3. The van der Waals surface area contributed by atoms with Gasteiger partial charge in [-0.3, -0.25) is 14.6 Å². The van der Waals surface area contributed by atoms with Crippen LogP contribution < -0.4 is 27.4 Å². The van der Waals surface area contributed by atoms with E-state index in [1.165, 1.54) is 0 Å². The van der Waals surface area contributed by atoms with Crippen molar-refractivity contribution in [1.29, 1.82) is 0 Å². The second-order valence-corrected chi connectivity index (χ2v) is 8.12. The maximum Gasteiger partial charge on any atom is 0.326 e. The number of para-hydroxylation sites is 1. The molecule has 178 valence electrons. The Hall–Kier alpha value is -3.60. The minimum atomic E-state index is -1.16. The first-order valence-electron chi connectivity index (χ1n) is 11.0. The van der Waals surface area contributed by atoms with Crippen LogP contribution in [0.3, 0.4) is 0 Å². The number of aromatic amines is 1. The zero-order valence-corrected chi connectivity index (χ0v) is 18.3. The number of benzene rings is 1. The number of hydrogen-bond acceptors (Lipinski definition) is 5. The zero-order chi connectivity index (χ0) is 23.8. The molecule has 9 N–H and O–H groups in total. The third kappa shape index (κ3) is 6.69. The monoisotopic (exact) mass is 457 g/mol. The fourth-order valence-corrected chi connectivity index (χ4v) is 3.94. The molecular weight excluding hydrogens is 426 g/mol. The Balaban J connectivity index is 1.73. The minimum Gasteiger partial charge on any atom is -0.480 e. The van der Waals surface area contributed by atoms with Crippen molar-refractivity contribution in [2.24, 2.45) is 16.5 Å². The van der Waals surface area contributed by atoms with Crippen LogP contribution in [0.25, 0.3) is 10.9 Å². The molecule has 11 heteroatoms. The zero-order valence-electron chi connectivity index (χ0n) is 18.3. The van der Waals surface area contributed by atoms with Gasteiger partial charge in [-0.2, -0.15) is 0 Å². The summed E-state index contributed by atoms with van der Waals surface area (Å²) >= 11 is 0. The van der Waals surface area contributed by atoms with E-state index in [-0.39, 0.29) is 37.3 Å². The van der Waals surface area contributed by atoms with Crippen molar-refractivity contribution in [3.63, 3.8) is 0 Å². The lowest BCUT2D eigenvalue weighted by Gasteiger charge is -2.23. The number of carbonyl (C=O) groups excluding carboxylic acids is 2. The van der Waals surface area contributed by atoms with Gasteiger partial charge in [0, 0.05) is 30.1 Å². The lowest BCUT2D eigenvalue weighted by atomic mass is 10.0. The highest BCUT2D eigenvalue weighted by Crippen LogP contribution is 2.19.